The van der Waals surface area contributed by atoms with Crippen LogP contribution >= 0.6 is 11.6 Å². The zero-order chi connectivity index (χ0) is 17.2. The van der Waals surface area contributed by atoms with Gasteiger partial charge in [-0.2, -0.15) is 0 Å². The second kappa shape index (κ2) is 6.90. The molecule has 0 bridgehead atoms. The molecule has 6 nitrogen and oxygen atoms in total. The van der Waals surface area contributed by atoms with E-state index in [-0.39, 0.29) is 5.91 Å². The first-order valence-electron chi connectivity index (χ1n) is 8.24. The fourth-order valence-corrected chi connectivity index (χ4v) is 3.22. The van der Waals surface area contributed by atoms with E-state index in [4.69, 9.17) is 21.1 Å². The fraction of sp³-hybridized carbons (Fsp3) is 0.333. The van der Waals surface area contributed by atoms with Gasteiger partial charge in [-0.25, -0.2) is 4.98 Å². The first-order chi connectivity index (χ1) is 12.2. The molecule has 1 aromatic heterocycles. The topological polar surface area (TPSA) is 63.7 Å². The average Bonchev–Trinajstić information content (AvgIpc) is 3.06. The minimum Gasteiger partial charge on any atom is -0.480 e. The summed E-state index contributed by atoms with van der Waals surface area (Å²) in [5, 5.41) is 3.51. The number of aromatic nitrogens is 1. The standard InChI is InChI=1S/C18H18ClN3O3/c19-13-1-3-15-12(9-13)10-16(25-15)18(23)21-14-2-4-17(20-11-14)22-5-7-24-8-6-22/h1-4,9,11,16H,5-8,10H2,(H,21,23)/t16-/m0/s1. The molecule has 7 heteroatoms. The number of nitrogens with zero attached hydrogens (tertiary/aromatic N) is 2. The fourth-order valence-electron chi connectivity index (χ4n) is 3.03. The van der Waals surface area contributed by atoms with Crippen molar-refractivity contribution in [1.29, 1.82) is 0 Å². The number of carbonyl (C=O) groups excluding carboxylic acids is 1. The van der Waals surface area contributed by atoms with Crippen LogP contribution in [-0.2, 0) is 16.0 Å². The minimum absolute atomic E-state index is 0.187. The second-order valence-corrected chi connectivity index (χ2v) is 6.49. The van der Waals surface area contributed by atoms with Crippen LogP contribution in [0.15, 0.2) is 36.5 Å². The van der Waals surface area contributed by atoms with Crippen LogP contribution in [0.1, 0.15) is 5.56 Å². The number of benzene rings is 1. The molecule has 1 saturated heterocycles. The quantitative estimate of drug-likeness (QED) is 0.912. The second-order valence-electron chi connectivity index (χ2n) is 6.06. The molecule has 1 fully saturated rings. The SMILES string of the molecule is O=C(Nc1ccc(N2CCOCC2)nc1)[C@@H]1Cc2cc(Cl)ccc2O1. The maximum atomic E-state index is 12.4. The molecule has 25 heavy (non-hydrogen) atoms. The molecular weight excluding hydrogens is 342 g/mol. The Balaban J connectivity index is 1.38. The highest BCUT2D eigenvalue weighted by Gasteiger charge is 2.29. The maximum Gasteiger partial charge on any atom is 0.265 e. The average molecular weight is 360 g/mol. The normalized spacial score (nSPS) is 19.2. The van der Waals surface area contributed by atoms with Gasteiger partial charge in [0, 0.05) is 24.5 Å². The van der Waals surface area contributed by atoms with Gasteiger partial charge in [-0.1, -0.05) is 11.6 Å². The molecule has 1 aromatic carbocycles. The maximum absolute atomic E-state index is 12.4. The van der Waals surface area contributed by atoms with Crippen LogP contribution in [0.3, 0.4) is 0 Å². The van der Waals surface area contributed by atoms with Gasteiger partial charge in [0.1, 0.15) is 11.6 Å². The molecule has 2 aliphatic rings. The molecule has 0 spiro atoms. The van der Waals surface area contributed by atoms with Crippen molar-refractivity contribution in [2.45, 2.75) is 12.5 Å². The molecule has 0 saturated carbocycles. The third-order valence-corrected chi connectivity index (χ3v) is 4.58. The number of hydrogen-bond acceptors (Lipinski definition) is 5. The number of nitrogens with one attached hydrogen (secondary N) is 1. The van der Waals surface area contributed by atoms with E-state index in [0.717, 1.165) is 24.5 Å². The van der Waals surface area contributed by atoms with E-state index in [2.05, 4.69) is 15.2 Å². The molecule has 2 aromatic rings. The van der Waals surface area contributed by atoms with Crippen molar-refractivity contribution in [3.63, 3.8) is 0 Å². The van der Waals surface area contributed by atoms with E-state index >= 15 is 0 Å². The predicted molar refractivity (Wildman–Crippen MR) is 95.5 cm³/mol. The molecule has 4 rings (SSSR count). The van der Waals surface area contributed by atoms with Gasteiger partial charge < -0.3 is 19.7 Å². The molecular formula is C18H18ClN3O3. The Hall–Kier alpha value is -2.31. The van der Waals surface area contributed by atoms with Crippen LogP contribution in [0.4, 0.5) is 11.5 Å². The van der Waals surface area contributed by atoms with Crippen molar-refractivity contribution >= 4 is 29.0 Å². The summed E-state index contributed by atoms with van der Waals surface area (Å²) in [6.45, 7) is 3.08. The van der Waals surface area contributed by atoms with Crippen LogP contribution < -0.4 is 15.0 Å². The molecule has 2 aliphatic heterocycles. The molecule has 130 valence electrons. The predicted octanol–water partition coefficient (Wildman–Crippen LogP) is 2.51. The van der Waals surface area contributed by atoms with E-state index in [9.17, 15) is 4.79 Å². The molecule has 0 unspecified atom stereocenters. The van der Waals surface area contributed by atoms with Gasteiger partial charge >= 0.3 is 0 Å². The first-order valence-corrected chi connectivity index (χ1v) is 8.61. The summed E-state index contributed by atoms with van der Waals surface area (Å²) in [5.74, 6) is 1.42. The lowest BCUT2D eigenvalue weighted by Crippen LogP contribution is -2.36. The Morgan fingerprint density at radius 3 is 2.84 bits per heavy atom. The number of halogens is 1. The number of morpholine rings is 1. The van der Waals surface area contributed by atoms with Gasteiger partial charge in [0.05, 0.1) is 25.1 Å². The van der Waals surface area contributed by atoms with Crippen molar-refractivity contribution in [2.75, 3.05) is 36.5 Å². The van der Waals surface area contributed by atoms with Gasteiger partial charge in [-0.15, -0.1) is 0 Å². The molecule has 0 aliphatic carbocycles. The van der Waals surface area contributed by atoms with Gasteiger partial charge in [-0.3, -0.25) is 4.79 Å². The lowest BCUT2D eigenvalue weighted by Gasteiger charge is -2.27. The summed E-state index contributed by atoms with van der Waals surface area (Å²) in [5.41, 5.74) is 1.60. The van der Waals surface area contributed by atoms with Crippen molar-refractivity contribution in [3.8, 4) is 5.75 Å². The number of anilines is 2. The Labute approximate surface area is 150 Å². The third-order valence-electron chi connectivity index (χ3n) is 4.34. The lowest BCUT2D eigenvalue weighted by molar-refractivity contribution is -0.122. The summed E-state index contributed by atoms with van der Waals surface area (Å²) in [6, 6.07) is 9.15. The van der Waals surface area contributed by atoms with E-state index in [1.807, 2.05) is 18.2 Å². The molecule has 1 atom stereocenters. The summed E-state index contributed by atoms with van der Waals surface area (Å²) in [7, 11) is 0. The summed E-state index contributed by atoms with van der Waals surface area (Å²) in [6.07, 6.45) is 1.63. The summed E-state index contributed by atoms with van der Waals surface area (Å²) < 4.78 is 11.0. The first kappa shape index (κ1) is 16.2. The van der Waals surface area contributed by atoms with Crippen LogP contribution in [-0.4, -0.2) is 43.3 Å². The highest BCUT2D eigenvalue weighted by molar-refractivity contribution is 6.30. The van der Waals surface area contributed by atoms with Crippen molar-refractivity contribution in [3.05, 3.63) is 47.1 Å². The Bertz CT molecular complexity index is 776. The smallest absolute Gasteiger partial charge is 0.265 e. The van der Waals surface area contributed by atoms with E-state index in [1.54, 1.807) is 18.3 Å². The Morgan fingerprint density at radius 2 is 2.08 bits per heavy atom. The van der Waals surface area contributed by atoms with Crippen LogP contribution in [0.5, 0.6) is 5.75 Å². The summed E-state index contributed by atoms with van der Waals surface area (Å²) in [4.78, 5) is 19.0. The molecule has 0 radical (unpaired) electrons. The third kappa shape index (κ3) is 3.55. The molecule has 1 amide bonds. The number of ether oxygens (including phenoxy) is 2. The van der Waals surface area contributed by atoms with Crippen molar-refractivity contribution < 1.29 is 14.3 Å². The van der Waals surface area contributed by atoms with Crippen LogP contribution in [0, 0.1) is 0 Å². The summed E-state index contributed by atoms with van der Waals surface area (Å²) >= 11 is 5.98. The largest absolute Gasteiger partial charge is 0.480 e. The van der Waals surface area contributed by atoms with Gasteiger partial charge in [0.25, 0.3) is 5.91 Å². The number of hydrogen-bond donors (Lipinski definition) is 1. The van der Waals surface area contributed by atoms with E-state index in [0.29, 0.717) is 36.1 Å². The Morgan fingerprint density at radius 1 is 1.24 bits per heavy atom. The highest BCUT2D eigenvalue weighted by Crippen LogP contribution is 2.31. The zero-order valence-electron chi connectivity index (χ0n) is 13.6. The van der Waals surface area contributed by atoms with Gasteiger partial charge in [0.2, 0.25) is 0 Å². The number of rotatable bonds is 3. The monoisotopic (exact) mass is 359 g/mol. The van der Waals surface area contributed by atoms with Crippen LogP contribution in [0.2, 0.25) is 5.02 Å². The highest BCUT2D eigenvalue weighted by atomic mass is 35.5. The van der Waals surface area contributed by atoms with Crippen LogP contribution in [0.25, 0.3) is 0 Å². The molecule has 1 N–H and O–H groups in total. The van der Waals surface area contributed by atoms with E-state index < -0.39 is 6.10 Å². The lowest BCUT2D eigenvalue weighted by atomic mass is 10.1. The minimum atomic E-state index is -0.549. The Kier molecular flexibility index (Phi) is 4.46. The van der Waals surface area contributed by atoms with Crippen molar-refractivity contribution in [2.24, 2.45) is 0 Å². The van der Waals surface area contributed by atoms with Gasteiger partial charge in [0.15, 0.2) is 6.10 Å². The number of carbonyl (C=O) groups is 1. The zero-order valence-corrected chi connectivity index (χ0v) is 14.3. The number of amides is 1. The number of fused-ring (bicyclic) bond motifs is 1. The molecule has 3 heterocycles. The van der Waals surface area contributed by atoms with Gasteiger partial charge in [-0.05, 0) is 35.9 Å². The van der Waals surface area contributed by atoms with E-state index in [1.165, 1.54) is 0 Å². The number of pyridine rings is 1. The van der Waals surface area contributed by atoms with Crippen molar-refractivity contribution in [1.82, 2.24) is 4.98 Å².